The van der Waals surface area contributed by atoms with Gasteiger partial charge in [0.15, 0.2) is 0 Å². The molecule has 1 N–H and O–H groups in total. The van der Waals surface area contributed by atoms with Crippen molar-refractivity contribution in [3.05, 3.63) is 12.2 Å². The van der Waals surface area contributed by atoms with E-state index in [1.807, 2.05) is 0 Å². The lowest BCUT2D eigenvalue weighted by atomic mass is 9.73. The molecule has 1 heteroatoms. The van der Waals surface area contributed by atoms with E-state index < -0.39 is 0 Å². The van der Waals surface area contributed by atoms with Crippen molar-refractivity contribution in [2.75, 3.05) is 0 Å². The highest BCUT2D eigenvalue weighted by Gasteiger charge is 2.31. The Morgan fingerprint density at radius 3 is 2.33 bits per heavy atom. The van der Waals surface area contributed by atoms with E-state index in [1.54, 1.807) is 0 Å². The molecule has 0 amide bonds. The van der Waals surface area contributed by atoms with Crippen LogP contribution >= 0.6 is 0 Å². The third-order valence-corrected chi connectivity index (χ3v) is 4.33. The van der Waals surface area contributed by atoms with Gasteiger partial charge in [-0.2, -0.15) is 0 Å². The van der Waals surface area contributed by atoms with Crippen molar-refractivity contribution < 1.29 is 5.11 Å². The van der Waals surface area contributed by atoms with E-state index in [2.05, 4.69) is 6.58 Å². The quantitative estimate of drug-likeness (QED) is 0.686. The van der Waals surface area contributed by atoms with Gasteiger partial charge >= 0.3 is 0 Å². The molecule has 0 aliphatic heterocycles. The maximum absolute atomic E-state index is 10.4. The van der Waals surface area contributed by atoms with Crippen molar-refractivity contribution in [1.82, 2.24) is 0 Å². The Labute approximate surface area is 93.6 Å². The molecule has 0 spiro atoms. The number of hydrogen-bond acceptors (Lipinski definition) is 1. The normalized spacial score (nSPS) is 31.5. The summed E-state index contributed by atoms with van der Waals surface area (Å²) in [7, 11) is 0. The fraction of sp³-hybridized carbons (Fsp3) is 0.857. The Morgan fingerprint density at radius 2 is 1.67 bits per heavy atom. The lowest BCUT2D eigenvalue weighted by Gasteiger charge is -2.35. The monoisotopic (exact) mass is 208 g/mol. The molecule has 2 rings (SSSR count). The van der Waals surface area contributed by atoms with Gasteiger partial charge in [-0.1, -0.05) is 37.8 Å². The summed E-state index contributed by atoms with van der Waals surface area (Å²) in [6, 6.07) is 0. The second kappa shape index (κ2) is 5.16. The van der Waals surface area contributed by atoms with Crippen molar-refractivity contribution in [3.8, 4) is 0 Å². The summed E-state index contributed by atoms with van der Waals surface area (Å²) in [5.74, 6) is 0.987. The first-order chi connectivity index (χ1) is 7.29. The molecule has 0 aromatic carbocycles. The zero-order chi connectivity index (χ0) is 10.7. The number of hydrogen-bond donors (Lipinski definition) is 1. The second-order valence-electron chi connectivity index (χ2n) is 5.40. The highest BCUT2D eigenvalue weighted by Crippen LogP contribution is 2.37. The summed E-state index contributed by atoms with van der Waals surface area (Å²) in [4.78, 5) is 0. The molecule has 1 nitrogen and oxygen atoms in total. The van der Waals surface area contributed by atoms with Crippen LogP contribution < -0.4 is 0 Å². The third kappa shape index (κ3) is 2.63. The van der Waals surface area contributed by atoms with E-state index in [1.165, 1.54) is 56.9 Å². The van der Waals surface area contributed by atoms with E-state index in [0.717, 1.165) is 6.42 Å². The molecule has 0 bridgehead atoms. The average Bonchev–Trinajstić information content (AvgIpc) is 2.30. The van der Waals surface area contributed by atoms with Crippen molar-refractivity contribution in [1.29, 1.82) is 0 Å². The van der Waals surface area contributed by atoms with Crippen molar-refractivity contribution in [2.45, 2.75) is 63.9 Å². The highest BCUT2D eigenvalue weighted by atomic mass is 16.3. The molecule has 2 fully saturated rings. The van der Waals surface area contributed by atoms with E-state index in [9.17, 15) is 5.11 Å². The van der Waals surface area contributed by atoms with Crippen LogP contribution in [0, 0.1) is 11.8 Å². The molecule has 0 saturated heterocycles. The largest absolute Gasteiger partial charge is 0.392 e. The Balaban J connectivity index is 1.92. The lowest BCUT2D eigenvalue weighted by molar-refractivity contribution is 0.0375. The van der Waals surface area contributed by atoms with E-state index >= 15 is 0 Å². The Hall–Kier alpha value is -0.300. The van der Waals surface area contributed by atoms with Gasteiger partial charge in [0.25, 0.3) is 0 Å². The minimum atomic E-state index is -0.0851. The molecule has 0 aromatic rings. The molecule has 2 aliphatic rings. The van der Waals surface area contributed by atoms with Gasteiger partial charge in [0, 0.05) is 5.92 Å². The van der Waals surface area contributed by atoms with Gasteiger partial charge in [0.2, 0.25) is 0 Å². The molecule has 0 heterocycles. The summed E-state index contributed by atoms with van der Waals surface area (Å²) in [6.45, 7) is 4.15. The van der Waals surface area contributed by atoms with Crippen LogP contribution in [0.25, 0.3) is 0 Å². The SMILES string of the molecule is C=C1CCCCC1C(O)C1CCCCC1. The summed E-state index contributed by atoms with van der Waals surface area (Å²) in [5, 5.41) is 10.4. The van der Waals surface area contributed by atoms with Crippen LogP contribution in [-0.2, 0) is 0 Å². The maximum Gasteiger partial charge on any atom is 0.0633 e. The van der Waals surface area contributed by atoms with Gasteiger partial charge in [-0.15, -0.1) is 0 Å². The molecule has 2 atom stereocenters. The highest BCUT2D eigenvalue weighted by molar-refractivity contribution is 5.06. The third-order valence-electron chi connectivity index (χ3n) is 4.33. The maximum atomic E-state index is 10.4. The van der Waals surface area contributed by atoms with E-state index in [4.69, 9.17) is 0 Å². The molecular formula is C14H24O. The molecule has 2 unspecified atom stereocenters. The smallest absolute Gasteiger partial charge is 0.0633 e. The zero-order valence-electron chi connectivity index (χ0n) is 9.75. The van der Waals surface area contributed by atoms with E-state index in [0.29, 0.717) is 11.8 Å². The summed E-state index contributed by atoms with van der Waals surface area (Å²) >= 11 is 0. The molecular weight excluding hydrogens is 184 g/mol. The van der Waals surface area contributed by atoms with Crippen molar-refractivity contribution in [2.24, 2.45) is 11.8 Å². The molecule has 86 valence electrons. The van der Waals surface area contributed by atoms with Crippen LogP contribution in [-0.4, -0.2) is 11.2 Å². The first-order valence-corrected chi connectivity index (χ1v) is 6.65. The first kappa shape index (κ1) is 11.2. The minimum absolute atomic E-state index is 0.0851. The van der Waals surface area contributed by atoms with Crippen LogP contribution in [0.3, 0.4) is 0 Å². The average molecular weight is 208 g/mol. The fourth-order valence-corrected chi connectivity index (χ4v) is 3.32. The van der Waals surface area contributed by atoms with Crippen LogP contribution in [0.2, 0.25) is 0 Å². The fourth-order valence-electron chi connectivity index (χ4n) is 3.32. The number of aliphatic hydroxyl groups excluding tert-OH is 1. The van der Waals surface area contributed by atoms with Crippen LogP contribution in [0.15, 0.2) is 12.2 Å². The zero-order valence-corrected chi connectivity index (χ0v) is 9.75. The van der Waals surface area contributed by atoms with Gasteiger partial charge < -0.3 is 5.11 Å². The van der Waals surface area contributed by atoms with Gasteiger partial charge in [-0.3, -0.25) is 0 Å². The van der Waals surface area contributed by atoms with Gasteiger partial charge in [0.05, 0.1) is 6.10 Å². The molecule has 2 saturated carbocycles. The molecule has 0 radical (unpaired) electrons. The van der Waals surface area contributed by atoms with Gasteiger partial charge in [0.1, 0.15) is 0 Å². The van der Waals surface area contributed by atoms with Crippen LogP contribution in [0.4, 0.5) is 0 Å². The molecule has 0 aromatic heterocycles. The Kier molecular flexibility index (Phi) is 3.85. The number of rotatable bonds is 2. The van der Waals surface area contributed by atoms with Crippen molar-refractivity contribution in [3.63, 3.8) is 0 Å². The lowest BCUT2D eigenvalue weighted by Crippen LogP contribution is -2.33. The molecule has 2 aliphatic carbocycles. The molecule has 15 heavy (non-hydrogen) atoms. The second-order valence-corrected chi connectivity index (χ2v) is 5.40. The predicted octanol–water partition coefficient (Wildman–Crippen LogP) is 3.67. The van der Waals surface area contributed by atoms with E-state index in [-0.39, 0.29) is 6.10 Å². The first-order valence-electron chi connectivity index (χ1n) is 6.65. The topological polar surface area (TPSA) is 20.2 Å². The summed E-state index contributed by atoms with van der Waals surface area (Å²) in [5.41, 5.74) is 1.32. The van der Waals surface area contributed by atoms with Gasteiger partial charge in [-0.25, -0.2) is 0 Å². The standard InChI is InChI=1S/C14H24O/c1-11-7-5-6-10-13(11)14(15)12-8-3-2-4-9-12/h12-15H,1-10H2. The Bertz CT molecular complexity index is 215. The number of aliphatic hydroxyl groups is 1. The predicted molar refractivity (Wildman–Crippen MR) is 63.7 cm³/mol. The van der Waals surface area contributed by atoms with Crippen LogP contribution in [0.5, 0.6) is 0 Å². The van der Waals surface area contributed by atoms with Crippen LogP contribution in [0.1, 0.15) is 57.8 Å². The summed E-state index contributed by atoms with van der Waals surface area (Å²) in [6.07, 6.45) is 11.3. The van der Waals surface area contributed by atoms with Gasteiger partial charge in [-0.05, 0) is 38.0 Å². The Morgan fingerprint density at radius 1 is 1.00 bits per heavy atom. The van der Waals surface area contributed by atoms with Crippen molar-refractivity contribution >= 4 is 0 Å². The summed E-state index contributed by atoms with van der Waals surface area (Å²) < 4.78 is 0. The minimum Gasteiger partial charge on any atom is -0.392 e.